The third-order valence-corrected chi connectivity index (χ3v) is 5.53. The number of nitrogens with one attached hydrogen (secondary N) is 2. The summed E-state index contributed by atoms with van der Waals surface area (Å²) < 4.78 is 1.95. The average Bonchev–Trinajstić information content (AvgIpc) is 2.95. The zero-order valence-corrected chi connectivity index (χ0v) is 21.9. The van der Waals surface area contributed by atoms with E-state index >= 15 is 0 Å². The van der Waals surface area contributed by atoms with Gasteiger partial charge in [0.2, 0.25) is 0 Å². The van der Waals surface area contributed by atoms with Crippen molar-refractivity contribution in [1.29, 1.82) is 0 Å². The predicted octanol–water partition coefficient (Wildman–Crippen LogP) is 3.79. The van der Waals surface area contributed by atoms with Crippen LogP contribution in [-0.2, 0) is 26.6 Å². The lowest BCUT2D eigenvalue weighted by molar-refractivity contribution is 0.296. The Labute approximate surface area is 199 Å². The molecule has 0 amide bonds. The first kappa shape index (κ1) is 26.4. The van der Waals surface area contributed by atoms with Crippen LogP contribution in [0, 0.1) is 13.8 Å². The molecule has 0 radical (unpaired) electrons. The smallest absolute Gasteiger partial charge is 0.191 e. The van der Waals surface area contributed by atoms with E-state index in [1.54, 1.807) is 0 Å². The first-order chi connectivity index (χ1) is 13.9. The number of rotatable bonds is 9. The lowest BCUT2D eigenvalue weighted by Gasteiger charge is -2.20. The quantitative estimate of drug-likeness (QED) is 0.297. The number of nitrogens with zero attached hydrogens (tertiary/aromatic N) is 4. The normalized spacial score (nSPS) is 12.6. The highest BCUT2D eigenvalue weighted by molar-refractivity contribution is 14.0. The van der Waals surface area contributed by atoms with Crippen LogP contribution in [0.25, 0.3) is 0 Å². The molecule has 0 aliphatic carbocycles. The van der Waals surface area contributed by atoms with E-state index in [1.165, 1.54) is 22.4 Å². The summed E-state index contributed by atoms with van der Waals surface area (Å²) >= 11 is 0. The molecule has 1 atom stereocenters. The number of halogens is 1. The Morgan fingerprint density at radius 2 is 1.87 bits per heavy atom. The van der Waals surface area contributed by atoms with Crippen molar-refractivity contribution in [3.8, 4) is 0 Å². The van der Waals surface area contributed by atoms with Gasteiger partial charge >= 0.3 is 0 Å². The van der Waals surface area contributed by atoms with Gasteiger partial charge in [-0.05, 0) is 57.0 Å². The monoisotopic (exact) mass is 526 g/mol. The third-order valence-electron chi connectivity index (χ3n) is 5.53. The highest BCUT2D eigenvalue weighted by Gasteiger charge is 2.14. The number of guanidine groups is 1. The van der Waals surface area contributed by atoms with Crippen molar-refractivity contribution in [2.45, 2.75) is 60.2 Å². The second-order valence-corrected chi connectivity index (χ2v) is 7.73. The van der Waals surface area contributed by atoms with E-state index in [9.17, 15) is 0 Å². The maximum atomic E-state index is 4.52. The summed E-state index contributed by atoms with van der Waals surface area (Å²) in [5, 5.41) is 11.5. The Bertz CT molecular complexity index is 810. The van der Waals surface area contributed by atoms with Gasteiger partial charge in [-0.2, -0.15) is 5.10 Å². The van der Waals surface area contributed by atoms with E-state index in [4.69, 9.17) is 0 Å². The Balaban J connectivity index is 0.00000450. The largest absolute Gasteiger partial charge is 0.354 e. The van der Waals surface area contributed by atoms with Gasteiger partial charge in [0.25, 0.3) is 0 Å². The molecule has 30 heavy (non-hydrogen) atoms. The minimum atomic E-state index is 0. The third kappa shape index (κ3) is 7.58. The molecular formula is C23H39IN6. The summed E-state index contributed by atoms with van der Waals surface area (Å²) in [4.78, 5) is 6.83. The molecule has 0 aliphatic rings. The van der Waals surface area contributed by atoms with Crippen LogP contribution in [0.5, 0.6) is 0 Å². The number of hydrogen-bond donors (Lipinski definition) is 2. The lowest BCUT2D eigenvalue weighted by Crippen LogP contribution is -2.42. The Kier molecular flexibility index (Phi) is 11.4. The first-order valence-corrected chi connectivity index (χ1v) is 10.6. The zero-order chi connectivity index (χ0) is 21.4. The van der Waals surface area contributed by atoms with Crippen LogP contribution < -0.4 is 10.6 Å². The highest BCUT2D eigenvalue weighted by Crippen LogP contribution is 2.14. The molecule has 168 valence electrons. The lowest BCUT2D eigenvalue weighted by atomic mass is 10.1. The molecule has 2 N–H and O–H groups in total. The molecule has 0 saturated heterocycles. The fourth-order valence-electron chi connectivity index (χ4n) is 3.63. The standard InChI is InChI=1S/C23H38N6.HI/c1-8-29(9-2)16-21-12-10-11-20(14-21)15-25-23(24-6)26-17(3)13-22-18(4)27-28(7)19(22)5;/h10-12,14,17H,8-9,13,15-16H2,1-7H3,(H2,24,25,26);1H. The van der Waals surface area contributed by atoms with Crippen LogP contribution in [0.4, 0.5) is 0 Å². The van der Waals surface area contributed by atoms with Crippen LogP contribution >= 0.6 is 24.0 Å². The van der Waals surface area contributed by atoms with Crippen molar-refractivity contribution in [2.24, 2.45) is 12.0 Å². The maximum absolute atomic E-state index is 4.52. The molecule has 0 bridgehead atoms. The van der Waals surface area contributed by atoms with Gasteiger partial charge in [-0.15, -0.1) is 24.0 Å². The molecule has 2 rings (SSSR count). The Morgan fingerprint density at radius 3 is 2.43 bits per heavy atom. The summed E-state index contributed by atoms with van der Waals surface area (Å²) in [5.74, 6) is 0.825. The minimum absolute atomic E-state index is 0. The van der Waals surface area contributed by atoms with Crippen LogP contribution in [0.3, 0.4) is 0 Å². The number of aryl methyl sites for hydroxylation is 2. The van der Waals surface area contributed by atoms with E-state index in [2.05, 4.69) is 84.5 Å². The van der Waals surface area contributed by atoms with E-state index in [0.29, 0.717) is 0 Å². The molecule has 0 fully saturated rings. The van der Waals surface area contributed by atoms with Gasteiger partial charge in [-0.25, -0.2) is 0 Å². The molecule has 6 nitrogen and oxygen atoms in total. The predicted molar refractivity (Wildman–Crippen MR) is 138 cm³/mol. The number of aromatic nitrogens is 2. The molecule has 7 heteroatoms. The number of benzene rings is 1. The SMILES string of the molecule is CCN(CC)Cc1cccc(CNC(=NC)NC(C)Cc2c(C)nn(C)c2C)c1.I. The van der Waals surface area contributed by atoms with Crippen LogP contribution in [0.1, 0.15) is 48.8 Å². The summed E-state index contributed by atoms with van der Waals surface area (Å²) in [6.07, 6.45) is 0.922. The molecule has 0 aliphatic heterocycles. The van der Waals surface area contributed by atoms with Crippen LogP contribution in [0.15, 0.2) is 29.3 Å². The summed E-state index contributed by atoms with van der Waals surface area (Å²) in [7, 11) is 3.82. The average molecular weight is 527 g/mol. The van der Waals surface area contributed by atoms with Crippen molar-refractivity contribution in [1.82, 2.24) is 25.3 Å². The van der Waals surface area contributed by atoms with Gasteiger partial charge in [-0.1, -0.05) is 38.1 Å². The summed E-state index contributed by atoms with van der Waals surface area (Å²) in [6, 6.07) is 9.05. The highest BCUT2D eigenvalue weighted by atomic mass is 127. The van der Waals surface area contributed by atoms with Gasteiger partial charge in [0, 0.05) is 38.9 Å². The van der Waals surface area contributed by atoms with E-state index < -0.39 is 0 Å². The molecule has 1 aromatic carbocycles. The van der Waals surface area contributed by atoms with Gasteiger partial charge in [0.1, 0.15) is 0 Å². The Hall–Kier alpha value is -1.61. The van der Waals surface area contributed by atoms with Gasteiger partial charge < -0.3 is 10.6 Å². The van der Waals surface area contributed by atoms with Gasteiger partial charge in [0.15, 0.2) is 5.96 Å². The second kappa shape index (κ2) is 12.9. The fraction of sp³-hybridized carbons (Fsp3) is 0.565. The zero-order valence-electron chi connectivity index (χ0n) is 19.6. The van der Waals surface area contributed by atoms with Crippen molar-refractivity contribution in [3.63, 3.8) is 0 Å². The van der Waals surface area contributed by atoms with E-state index in [0.717, 1.165) is 44.3 Å². The molecule has 1 aromatic heterocycles. The van der Waals surface area contributed by atoms with Crippen molar-refractivity contribution >= 4 is 29.9 Å². The molecule has 1 unspecified atom stereocenters. The van der Waals surface area contributed by atoms with Crippen molar-refractivity contribution in [2.75, 3.05) is 20.1 Å². The van der Waals surface area contributed by atoms with E-state index in [1.807, 2.05) is 18.8 Å². The fourth-order valence-corrected chi connectivity index (χ4v) is 3.63. The second-order valence-electron chi connectivity index (χ2n) is 7.73. The first-order valence-electron chi connectivity index (χ1n) is 10.6. The molecule has 0 saturated carbocycles. The number of hydrogen-bond acceptors (Lipinski definition) is 3. The molecule has 1 heterocycles. The topological polar surface area (TPSA) is 57.5 Å². The Morgan fingerprint density at radius 1 is 1.20 bits per heavy atom. The summed E-state index contributed by atoms with van der Waals surface area (Å²) in [6.45, 7) is 14.7. The van der Waals surface area contributed by atoms with Gasteiger partial charge in [-0.3, -0.25) is 14.6 Å². The van der Waals surface area contributed by atoms with Crippen LogP contribution in [0.2, 0.25) is 0 Å². The maximum Gasteiger partial charge on any atom is 0.191 e. The van der Waals surface area contributed by atoms with Crippen LogP contribution in [-0.4, -0.2) is 46.8 Å². The van der Waals surface area contributed by atoms with Crippen molar-refractivity contribution < 1.29 is 0 Å². The molecule has 0 spiro atoms. The van der Waals surface area contributed by atoms with E-state index in [-0.39, 0.29) is 30.0 Å². The molecular weight excluding hydrogens is 487 g/mol. The van der Waals surface area contributed by atoms with Gasteiger partial charge in [0.05, 0.1) is 5.69 Å². The van der Waals surface area contributed by atoms with Crippen molar-refractivity contribution in [3.05, 3.63) is 52.3 Å². The summed E-state index contributed by atoms with van der Waals surface area (Å²) in [5.41, 5.74) is 6.26. The molecule has 2 aromatic rings. The number of aliphatic imine (C=N–C) groups is 1. The minimum Gasteiger partial charge on any atom is -0.354 e.